The van der Waals surface area contributed by atoms with Gasteiger partial charge in [0.25, 0.3) is 0 Å². The Labute approximate surface area is 385 Å². The molecule has 4 N–H and O–H groups in total. The Hall–Kier alpha value is -6.07. The molecule has 6 aromatic rings. The number of benzene rings is 4. The number of aromatic nitrogens is 4. The fraction of sp³-hybridized carbons (Fsp3) is 0.392. The van der Waals surface area contributed by atoms with Crippen LogP contribution in [0.1, 0.15) is 22.3 Å². The number of hydrogen-bond acceptors (Lipinski definition) is 11. The highest BCUT2D eigenvalue weighted by molar-refractivity contribution is 5.76. The molecule has 2 aromatic heterocycles. The molecule has 0 radical (unpaired) electrons. The number of rotatable bonds is 18. The molecular weight excluding hydrogens is 837 g/mol. The van der Waals surface area contributed by atoms with Crippen molar-refractivity contribution in [1.82, 2.24) is 40.0 Å². The minimum atomic E-state index is -1.30. The predicted octanol–water partition coefficient (Wildman–Crippen LogP) is 5.27. The zero-order chi connectivity index (χ0) is 45.1. The van der Waals surface area contributed by atoms with Crippen LogP contribution in [0.5, 0.6) is 11.5 Å². The molecule has 0 unspecified atom stereocenters. The smallest absolute Gasteiger partial charge is 0.321 e. The van der Waals surface area contributed by atoms with Gasteiger partial charge in [0.1, 0.15) is 36.9 Å². The van der Waals surface area contributed by atoms with Crippen molar-refractivity contribution in [2.45, 2.75) is 50.2 Å². The van der Waals surface area contributed by atoms with Crippen LogP contribution in [0.4, 0.5) is 4.79 Å². The second-order valence-corrected chi connectivity index (χ2v) is 17.3. The van der Waals surface area contributed by atoms with Crippen molar-refractivity contribution in [3.05, 3.63) is 144 Å². The highest BCUT2D eigenvalue weighted by Crippen LogP contribution is 2.32. The molecule has 3 fully saturated rings. The number of nitrogens with one attached hydrogen (secondary N) is 2. The summed E-state index contributed by atoms with van der Waals surface area (Å²) in [5, 5.41) is 39.5. The van der Waals surface area contributed by atoms with Crippen molar-refractivity contribution < 1.29 is 34.0 Å². The maximum atomic E-state index is 15.6. The minimum Gasteiger partial charge on any atom is -0.492 e. The molecule has 4 aromatic carbocycles. The van der Waals surface area contributed by atoms with Gasteiger partial charge in [-0.3, -0.25) is 20.0 Å². The van der Waals surface area contributed by atoms with Gasteiger partial charge < -0.3 is 39.0 Å². The summed E-state index contributed by atoms with van der Waals surface area (Å²) in [5.74, 6) is 1.49. The monoisotopic (exact) mass is 896 g/mol. The maximum Gasteiger partial charge on any atom is 0.321 e. The number of amides is 2. The number of carbonyl (C=O) groups excluding carboxylic acids is 1. The summed E-state index contributed by atoms with van der Waals surface area (Å²) in [6, 6.07) is 33.6. The molecule has 0 saturated carbocycles. The normalized spacial score (nSPS) is 20.9. The Morgan fingerprint density at radius 2 is 0.985 bits per heavy atom. The fourth-order valence-corrected chi connectivity index (χ4v) is 9.17. The van der Waals surface area contributed by atoms with Crippen molar-refractivity contribution in [1.29, 1.82) is 0 Å². The van der Waals surface area contributed by atoms with E-state index >= 15 is 4.79 Å². The average Bonchev–Trinajstić information content (AvgIpc) is 4.11. The molecule has 4 atom stereocenters. The molecule has 3 saturated heterocycles. The SMILES string of the molecule is O=C1N(Cc2cccc(-c3ccn[nH]3)c2)[C@H](Cc2ccc(OCCN3CCOCC3)cc2)[C@H](O)[C@@H](O)[C@@H](Cc2ccc(OCCN3CCOCC3)cc2)N1Cc1cccc(-c2ccn[nH]2)c1. The van der Waals surface area contributed by atoms with Crippen LogP contribution >= 0.6 is 0 Å². The number of nitrogens with zero attached hydrogens (tertiary/aromatic N) is 6. The third-order valence-corrected chi connectivity index (χ3v) is 12.9. The quantitative estimate of drug-likeness (QED) is 0.0889. The molecule has 0 aliphatic carbocycles. The summed E-state index contributed by atoms with van der Waals surface area (Å²) < 4.78 is 23.2. The van der Waals surface area contributed by atoms with E-state index in [0.29, 0.717) is 26.1 Å². The first-order chi connectivity index (χ1) is 32.4. The molecule has 66 heavy (non-hydrogen) atoms. The van der Waals surface area contributed by atoms with Gasteiger partial charge in [-0.15, -0.1) is 0 Å². The van der Waals surface area contributed by atoms with Crippen molar-refractivity contribution in [3.8, 4) is 34.0 Å². The van der Waals surface area contributed by atoms with E-state index in [9.17, 15) is 10.2 Å². The fourth-order valence-electron chi connectivity index (χ4n) is 9.17. The van der Waals surface area contributed by atoms with Crippen molar-refractivity contribution in [2.24, 2.45) is 0 Å². The van der Waals surface area contributed by atoms with E-state index in [1.165, 1.54) is 0 Å². The van der Waals surface area contributed by atoms with Crippen LogP contribution in [0, 0.1) is 0 Å². The summed E-state index contributed by atoms with van der Waals surface area (Å²) in [4.78, 5) is 23.8. The molecule has 0 bridgehead atoms. The summed E-state index contributed by atoms with van der Waals surface area (Å²) in [7, 11) is 0. The number of hydrogen-bond donors (Lipinski definition) is 4. The van der Waals surface area contributed by atoms with Crippen LogP contribution in [0.2, 0.25) is 0 Å². The second kappa shape index (κ2) is 21.9. The van der Waals surface area contributed by atoms with Gasteiger partial charge in [0.15, 0.2) is 0 Å². The lowest BCUT2D eigenvalue weighted by molar-refractivity contribution is -0.0408. The van der Waals surface area contributed by atoms with E-state index in [0.717, 1.165) is 122 Å². The van der Waals surface area contributed by atoms with E-state index < -0.39 is 24.3 Å². The molecule has 0 spiro atoms. The van der Waals surface area contributed by atoms with E-state index in [4.69, 9.17) is 18.9 Å². The van der Waals surface area contributed by atoms with Crippen LogP contribution in [0.25, 0.3) is 22.5 Å². The zero-order valence-corrected chi connectivity index (χ0v) is 37.3. The van der Waals surface area contributed by atoms with Gasteiger partial charge in [0.2, 0.25) is 0 Å². The third-order valence-electron chi connectivity index (χ3n) is 12.9. The standard InChI is InChI=1S/C51H60N8O7/c60-49-47(33-37-7-11-43(12-8-37)65-29-23-56-19-25-63-26-20-56)58(35-39-3-1-5-41(31-39)45-15-17-52-54-45)51(62)59(36-40-4-2-6-42(32-40)46-16-18-53-55-46)48(50(49)61)34-38-9-13-44(14-10-38)66-30-24-57-21-27-64-28-22-57/h1-18,31-32,47-50,60-61H,19-30,33-36H2,(H,52,54)(H,53,55)/t47-,48-,49+,50+/m1/s1. The molecule has 15 heteroatoms. The van der Waals surface area contributed by atoms with Gasteiger partial charge >= 0.3 is 6.03 Å². The molecule has 5 heterocycles. The lowest BCUT2D eigenvalue weighted by Gasteiger charge is -2.36. The minimum absolute atomic E-state index is 0.186. The first-order valence-corrected chi connectivity index (χ1v) is 23.1. The number of morpholine rings is 2. The largest absolute Gasteiger partial charge is 0.492 e. The third kappa shape index (κ3) is 11.5. The number of ether oxygens (including phenoxy) is 4. The summed E-state index contributed by atoms with van der Waals surface area (Å²) in [5.41, 5.74) is 7.09. The average molecular weight is 897 g/mol. The number of carbonyl (C=O) groups is 1. The Morgan fingerprint density at radius 1 is 0.561 bits per heavy atom. The van der Waals surface area contributed by atoms with E-state index in [1.54, 1.807) is 22.2 Å². The molecule has 15 nitrogen and oxygen atoms in total. The number of aromatic amines is 2. The molecule has 9 rings (SSSR count). The highest BCUT2D eigenvalue weighted by atomic mass is 16.5. The van der Waals surface area contributed by atoms with E-state index in [2.05, 4.69) is 30.2 Å². The van der Waals surface area contributed by atoms with Gasteiger partial charge in [0, 0.05) is 64.8 Å². The number of aliphatic hydroxyl groups is 2. The van der Waals surface area contributed by atoms with Crippen molar-refractivity contribution >= 4 is 6.03 Å². The Morgan fingerprint density at radius 3 is 1.38 bits per heavy atom. The molecule has 3 aliphatic heterocycles. The van der Waals surface area contributed by atoms with E-state index in [-0.39, 0.29) is 19.1 Å². The van der Waals surface area contributed by atoms with Gasteiger partial charge in [-0.2, -0.15) is 10.2 Å². The van der Waals surface area contributed by atoms with Crippen molar-refractivity contribution in [3.63, 3.8) is 0 Å². The van der Waals surface area contributed by atoms with Crippen LogP contribution in [-0.2, 0) is 35.4 Å². The van der Waals surface area contributed by atoms with Crippen LogP contribution in [0.15, 0.2) is 122 Å². The van der Waals surface area contributed by atoms with Gasteiger partial charge in [-0.25, -0.2) is 4.79 Å². The molecular formula is C51H60N8O7. The summed E-state index contributed by atoms with van der Waals surface area (Å²) >= 11 is 0. The zero-order valence-electron chi connectivity index (χ0n) is 37.3. The maximum absolute atomic E-state index is 15.6. The number of aliphatic hydroxyl groups excluding tert-OH is 2. The Balaban J connectivity index is 1.01. The van der Waals surface area contributed by atoms with Crippen LogP contribution in [0.3, 0.4) is 0 Å². The first-order valence-electron chi connectivity index (χ1n) is 23.1. The number of urea groups is 1. The highest BCUT2D eigenvalue weighted by Gasteiger charge is 2.46. The van der Waals surface area contributed by atoms with Crippen molar-refractivity contribution in [2.75, 3.05) is 78.9 Å². The van der Waals surface area contributed by atoms with Gasteiger partial charge in [-0.05, 0) is 94.8 Å². The van der Waals surface area contributed by atoms with Gasteiger partial charge in [-0.1, -0.05) is 60.7 Å². The Kier molecular flexibility index (Phi) is 15.0. The number of H-pyrrole nitrogens is 2. The summed E-state index contributed by atoms with van der Waals surface area (Å²) in [6.07, 6.45) is 1.41. The first kappa shape index (κ1) is 45.1. The van der Waals surface area contributed by atoms with Crippen LogP contribution in [-0.4, -0.2) is 159 Å². The molecule has 3 aliphatic rings. The topological polar surface area (TPSA) is 165 Å². The van der Waals surface area contributed by atoms with E-state index in [1.807, 2.05) is 109 Å². The molecule has 2 amide bonds. The predicted molar refractivity (Wildman–Crippen MR) is 250 cm³/mol. The molecule has 346 valence electrons. The second-order valence-electron chi connectivity index (χ2n) is 17.3. The lowest BCUT2D eigenvalue weighted by atomic mass is 9.90. The van der Waals surface area contributed by atoms with Crippen LogP contribution < -0.4 is 9.47 Å². The Bertz CT molecular complexity index is 2240. The summed E-state index contributed by atoms with van der Waals surface area (Å²) in [6.45, 7) is 9.65. The van der Waals surface area contributed by atoms with Gasteiger partial charge in [0.05, 0.1) is 49.9 Å². The lowest BCUT2D eigenvalue weighted by Crippen LogP contribution is -2.50.